The van der Waals surface area contributed by atoms with E-state index < -0.39 is 0 Å². The number of nitrogens with zero attached hydrogens (tertiary/aromatic N) is 2. The molecule has 0 saturated carbocycles. The lowest BCUT2D eigenvalue weighted by atomic mass is 10.1. The largest absolute Gasteiger partial charge is 0.497 e. The number of benzene rings is 2. The van der Waals surface area contributed by atoms with Crippen LogP contribution >= 0.6 is 0 Å². The Morgan fingerprint density at radius 3 is 2.37 bits per heavy atom. The zero-order chi connectivity index (χ0) is 19.1. The van der Waals surface area contributed by atoms with Crippen molar-refractivity contribution in [3.8, 4) is 11.5 Å². The summed E-state index contributed by atoms with van der Waals surface area (Å²) in [7, 11) is 1.65. The fraction of sp³-hybridized carbons (Fsp3) is 0.409. The lowest BCUT2D eigenvalue weighted by Gasteiger charge is -2.35. The monoisotopic (exact) mass is 368 g/mol. The highest BCUT2D eigenvalue weighted by Crippen LogP contribution is 2.21. The van der Waals surface area contributed by atoms with Gasteiger partial charge in [0.1, 0.15) is 11.5 Å². The Bertz CT molecular complexity index is 737. The highest BCUT2D eigenvalue weighted by molar-refractivity contribution is 5.79. The van der Waals surface area contributed by atoms with Crippen molar-refractivity contribution in [2.45, 2.75) is 19.9 Å². The van der Waals surface area contributed by atoms with E-state index in [1.807, 2.05) is 54.3 Å². The van der Waals surface area contributed by atoms with Crippen LogP contribution in [0, 0.1) is 0 Å². The van der Waals surface area contributed by atoms with Crippen LogP contribution in [0.15, 0.2) is 48.5 Å². The number of piperazine rings is 1. The van der Waals surface area contributed by atoms with Crippen LogP contribution in [0.2, 0.25) is 0 Å². The molecule has 27 heavy (non-hydrogen) atoms. The lowest BCUT2D eigenvalue weighted by Crippen LogP contribution is -2.48. The molecule has 0 N–H and O–H groups in total. The Kier molecular flexibility index (Phi) is 6.71. The average molecular weight is 368 g/mol. The van der Waals surface area contributed by atoms with Gasteiger partial charge in [-0.1, -0.05) is 30.3 Å². The van der Waals surface area contributed by atoms with Crippen LogP contribution in [0.5, 0.6) is 11.5 Å². The molecule has 144 valence electrons. The van der Waals surface area contributed by atoms with Gasteiger partial charge in [-0.2, -0.15) is 0 Å². The van der Waals surface area contributed by atoms with Crippen molar-refractivity contribution in [1.82, 2.24) is 9.80 Å². The van der Waals surface area contributed by atoms with E-state index in [2.05, 4.69) is 11.0 Å². The minimum absolute atomic E-state index is 0.189. The smallest absolute Gasteiger partial charge is 0.227 e. The van der Waals surface area contributed by atoms with E-state index in [0.29, 0.717) is 13.0 Å². The zero-order valence-electron chi connectivity index (χ0n) is 16.2. The number of carbonyl (C=O) groups excluding carboxylic acids is 1. The molecule has 0 aromatic heterocycles. The fourth-order valence-electron chi connectivity index (χ4n) is 3.36. The Hall–Kier alpha value is -2.53. The van der Waals surface area contributed by atoms with Crippen LogP contribution in [0.25, 0.3) is 0 Å². The summed E-state index contributed by atoms with van der Waals surface area (Å²) in [5, 5.41) is 0. The van der Waals surface area contributed by atoms with Crippen LogP contribution in [0.1, 0.15) is 18.1 Å². The number of amides is 1. The maximum Gasteiger partial charge on any atom is 0.227 e. The van der Waals surface area contributed by atoms with Gasteiger partial charge >= 0.3 is 0 Å². The first-order chi connectivity index (χ1) is 13.2. The van der Waals surface area contributed by atoms with Gasteiger partial charge in [0, 0.05) is 38.3 Å². The summed E-state index contributed by atoms with van der Waals surface area (Å²) in [6, 6.07) is 15.9. The lowest BCUT2D eigenvalue weighted by molar-refractivity contribution is -0.132. The van der Waals surface area contributed by atoms with E-state index in [9.17, 15) is 4.79 Å². The van der Waals surface area contributed by atoms with Gasteiger partial charge in [0.2, 0.25) is 5.91 Å². The van der Waals surface area contributed by atoms with Gasteiger partial charge in [-0.3, -0.25) is 9.69 Å². The van der Waals surface area contributed by atoms with Gasteiger partial charge in [0.05, 0.1) is 20.1 Å². The number of ether oxygens (including phenoxy) is 2. The first kappa shape index (κ1) is 19.2. The molecule has 5 nitrogen and oxygen atoms in total. The molecule has 5 heteroatoms. The molecule has 3 rings (SSSR count). The second-order valence-electron chi connectivity index (χ2n) is 6.72. The standard InChI is InChI=1S/C22H28N2O3/c1-3-27-21-7-5-4-6-19(21)17-23-12-14-24(15-13-23)22(25)16-18-8-10-20(26-2)11-9-18/h4-11H,3,12-17H2,1-2H3. The van der Waals surface area contributed by atoms with E-state index in [1.165, 1.54) is 5.56 Å². The van der Waals surface area contributed by atoms with Gasteiger partial charge in [-0.25, -0.2) is 0 Å². The third-order valence-electron chi connectivity index (χ3n) is 4.91. The molecule has 0 aliphatic carbocycles. The molecule has 2 aromatic rings. The second kappa shape index (κ2) is 9.42. The van der Waals surface area contributed by atoms with E-state index in [0.717, 1.165) is 49.8 Å². The summed E-state index contributed by atoms with van der Waals surface area (Å²) in [6.07, 6.45) is 0.442. The van der Waals surface area contributed by atoms with Crippen LogP contribution in [-0.2, 0) is 17.8 Å². The molecule has 1 aliphatic rings. The van der Waals surface area contributed by atoms with Gasteiger partial charge in [-0.05, 0) is 30.7 Å². The number of para-hydroxylation sites is 1. The maximum atomic E-state index is 12.6. The quantitative estimate of drug-likeness (QED) is 0.754. The Morgan fingerprint density at radius 2 is 1.70 bits per heavy atom. The normalized spacial score (nSPS) is 14.8. The summed E-state index contributed by atoms with van der Waals surface area (Å²) >= 11 is 0. The SMILES string of the molecule is CCOc1ccccc1CN1CCN(C(=O)Cc2ccc(OC)cc2)CC1. The van der Waals surface area contributed by atoms with Crippen molar-refractivity contribution < 1.29 is 14.3 Å². The first-order valence-electron chi connectivity index (χ1n) is 9.53. The third-order valence-corrected chi connectivity index (χ3v) is 4.91. The number of rotatable bonds is 7. The maximum absolute atomic E-state index is 12.6. The van der Waals surface area contributed by atoms with Crippen molar-refractivity contribution in [3.05, 3.63) is 59.7 Å². The molecule has 0 atom stereocenters. The Morgan fingerprint density at radius 1 is 1.00 bits per heavy atom. The highest BCUT2D eigenvalue weighted by atomic mass is 16.5. The van der Waals surface area contributed by atoms with Crippen LogP contribution in [0.4, 0.5) is 0 Å². The molecule has 1 heterocycles. The molecule has 1 aliphatic heterocycles. The number of hydrogen-bond donors (Lipinski definition) is 0. The summed E-state index contributed by atoms with van der Waals surface area (Å²) in [6.45, 7) is 6.84. The Balaban J connectivity index is 1.50. The number of carbonyl (C=O) groups is 1. The molecule has 2 aromatic carbocycles. The fourth-order valence-corrected chi connectivity index (χ4v) is 3.36. The van der Waals surface area contributed by atoms with E-state index in [1.54, 1.807) is 7.11 Å². The average Bonchev–Trinajstić information content (AvgIpc) is 2.71. The Labute approximate surface area is 161 Å². The second-order valence-corrected chi connectivity index (χ2v) is 6.72. The summed E-state index contributed by atoms with van der Waals surface area (Å²) < 4.78 is 10.9. The topological polar surface area (TPSA) is 42.0 Å². The van der Waals surface area contributed by atoms with Gasteiger partial charge in [0.15, 0.2) is 0 Å². The van der Waals surface area contributed by atoms with Crippen LogP contribution < -0.4 is 9.47 Å². The molecule has 1 amide bonds. The van der Waals surface area contributed by atoms with Gasteiger partial charge < -0.3 is 14.4 Å². The molecule has 1 fully saturated rings. The summed E-state index contributed by atoms with van der Waals surface area (Å²) in [5.74, 6) is 1.96. The number of methoxy groups -OCH3 is 1. The van der Waals surface area contributed by atoms with E-state index >= 15 is 0 Å². The van der Waals surface area contributed by atoms with Crippen molar-refractivity contribution in [2.75, 3.05) is 39.9 Å². The van der Waals surface area contributed by atoms with Gasteiger partial charge in [-0.15, -0.1) is 0 Å². The van der Waals surface area contributed by atoms with Crippen molar-refractivity contribution >= 4 is 5.91 Å². The zero-order valence-corrected chi connectivity index (χ0v) is 16.2. The summed E-state index contributed by atoms with van der Waals surface area (Å²) in [4.78, 5) is 16.9. The van der Waals surface area contributed by atoms with Crippen molar-refractivity contribution in [3.63, 3.8) is 0 Å². The van der Waals surface area contributed by atoms with Crippen LogP contribution in [-0.4, -0.2) is 55.6 Å². The molecular weight excluding hydrogens is 340 g/mol. The molecular formula is C22H28N2O3. The number of hydrogen-bond acceptors (Lipinski definition) is 4. The van der Waals surface area contributed by atoms with Crippen molar-refractivity contribution in [2.24, 2.45) is 0 Å². The third kappa shape index (κ3) is 5.23. The van der Waals surface area contributed by atoms with E-state index in [-0.39, 0.29) is 5.91 Å². The van der Waals surface area contributed by atoms with E-state index in [4.69, 9.17) is 9.47 Å². The molecule has 0 spiro atoms. The first-order valence-corrected chi connectivity index (χ1v) is 9.53. The summed E-state index contributed by atoms with van der Waals surface area (Å²) in [5.41, 5.74) is 2.23. The molecule has 0 radical (unpaired) electrons. The predicted octanol–water partition coefficient (Wildman–Crippen LogP) is 2.98. The van der Waals surface area contributed by atoms with Crippen molar-refractivity contribution in [1.29, 1.82) is 0 Å². The molecule has 0 bridgehead atoms. The minimum atomic E-state index is 0.189. The van der Waals surface area contributed by atoms with Gasteiger partial charge in [0.25, 0.3) is 0 Å². The predicted molar refractivity (Wildman–Crippen MR) is 106 cm³/mol. The molecule has 0 unspecified atom stereocenters. The molecule has 1 saturated heterocycles. The minimum Gasteiger partial charge on any atom is -0.497 e. The van der Waals surface area contributed by atoms with Crippen LogP contribution in [0.3, 0.4) is 0 Å². The highest BCUT2D eigenvalue weighted by Gasteiger charge is 2.21.